The number of carbonyl (C=O) groups is 1. The van der Waals surface area contributed by atoms with Crippen molar-refractivity contribution in [2.24, 2.45) is 4.99 Å². The SMILES string of the molecule is CCN(CC)C(=O)C1=C(C)N=c2s/c(=C/c3ccc(OCc4ccc(C#N)cc4)cc3)c(=O)n2[C@@H]1c1cc(OC)ccc1OC. The number of amides is 1. The Bertz CT molecular complexity index is 1960. The molecule has 0 fully saturated rings. The van der Waals surface area contributed by atoms with Crippen molar-refractivity contribution in [3.63, 3.8) is 0 Å². The van der Waals surface area contributed by atoms with E-state index in [0.717, 1.165) is 11.1 Å². The van der Waals surface area contributed by atoms with Gasteiger partial charge in [0, 0.05) is 18.7 Å². The van der Waals surface area contributed by atoms with Gasteiger partial charge in [0.15, 0.2) is 4.80 Å². The number of aromatic nitrogens is 1. The number of nitrogens with zero attached hydrogens (tertiary/aromatic N) is 4. The Labute approximate surface area is 265 Å². The smallest absolute Gasteiger partial charge is 0.271 e. The number of rotatable bonds is 10. The summed E-state index contributed by atoms with van der Waals surface area (Å²) >= 11 is 1.27. The van der Waals surface area contributed by atoms with Crippen LogP contribution in [0.1, 0.15) is 49.1 Å². The molecule has 230 valence electrons. The van der Waals surface area contributed by atoms with Gasteiger partial charge in [-0.15, -0.1) is 0 Å². The average molecular weight is 623 g/mol. The number of hydrogen-bond acceptors (Lipinski definition) is 8. The normalized spacial score (nSPS) is 14.3. The van der Waals surface area contributed by atoms with Gasteiger partial charge in [0.05, 0.1) is 41.7 Å². The van der Waals surface area contributed by atoms with Gasteiger partial charge >= 0.3 is 0 Å². The fourth-order valence-electron chi connectivity index (χ4n) is 5.28. The molecule has 1 aliphatic rings. The molecule has 2 heterocycles. The lowest BCUT2D eigenvalue weighted by Gasteiger charge is -2.30. The van der Waals surface area contributed by atoms with Gasteiger partial charge in [-0.1, -0.05) is 35.6 Å². The number of methoxy groups -OCH3 is 2. The quantitative estimate of drug-likeness (QED) is 0.257. The lowest BCUT2D eigenvalue weighted by molar-refractivity contribution is -0.127. The van der Waals surface area contributed by atoms with Crippen LogP contribution in [0.15, 0.2) is 87.8 Å². The molecule has 1 amide bonds. The largest absolute Gasteiger partial charge is 0.497 e. The van der Waals surface area contributed by atoms with Crippen molar-refractivity contribution in [2.45, 2.75) is 33.4 Å². The Balaban J connectivity index is 1.54. The zero-order chi connectivity index (χ0) is 32.1. The first-order valence-corrected chi connectivity index (χ1v) is 15.4. The highest BCUT2D eigenvalue weighted by molar-refractivity contribution is 7.07. The molecule has 3 aromatic carbocycles. The van der Waals surface area contributed by atoms with Crippen molar-refractivity contribution in [1.82, 2.24) is 9.47 Å². The molecule has 10 heteroatoms. The predicted octanol–water partition coefficient (Wildman–Crippen LogP) is 4.57. The molecule has 0 spiro atoms. The van der Waals surface area contributed by atoms with E-state index in [-0.39, 0.29) is 11.5 Å². The van der Waals surface area contributed by atoms with Gasteiger partial charge in [-0.2, -0.15) is 5.26 Å². The van der Waals surface area contributed by atoms with Gasteiger partial charge in [0.25, 0.3) is 11.5 Å². The summed E-state index contributed by atoms with van der Waals surface area (Å²) in [6, 6.07) is 21.4. The third kappa shape index (κ3) is 6.40. The zero-order valence-corrected chi connectivity index (χ0v) is 26.7. The van der Waals surface area contributed by atoms with Crippen LogP contribution >= 0.6 is 11.3 Å². The first-order valence-electron chi connectivity index (χ1n) is 14.6. The number of benzene rings is 3. The molecule has 1 aliphatic heterocycles. The van der Waals surface area contributed by atoms with E-state index in [0.29, 0.717) is 68.7 Å². The highest BCUT2D eigenvalue weighted by Crippen LogP contribution is 2.38. The van der Waals surface area contributed by atoms with E-state index < -0.39 is 6.04 Å². The van der Waals surface area contributed by atoms with E-state index in [2.05, 4.69) is 6.07 Å². The van der Waals surface area contributed by atoms with Crippen LogP contribution in [0, 0.1) is 11.3 Å². The molecule has 45 heavy (non-hydrogen) atoms. The van der Waals surface area contributed by atoms with Crippen molar-refractivity contribution in [3.8, 4) is 23.3 Å². The summed E-state index contributed by atoms with van der Waals surface area (Å²) in [4.78, 5) is 35.0. The van der Waals surface area contributed by atoms with E-state index >= 15 is 0 Å². The van der Waals surface area contributed by atoms with E-state index in [1.807, 2.05) is 69.3 Å². The molecule has 0 unspecified atom stereocenters. The number of likely N-dealkylation sites (N-methyl/N-ethyl adjacent to an activating group) is 1. The third-order valence-corrected chi connectivity index (χ3v) is 8.68. The number of hydrogen-bond donors (Lipinski definition) is 0. The highest BCUT2D eigenvalue weighted by Gasteiger charge is 2.36. The van der Waals surface area contributed by atoms with Crippen molar-refractivity contribution >= 4 is 23.3 Å². The molecule has 1 aromatic heterocycles. The van der Waals surface area contributed by atoms with E-state index in [1.54, 1.807) is 48.0 Å². The molecule has 0 N–H and O–H groups in total. The van der Waals surface area contributed by atoms with Crippen LogP contribution in [-0.4, -0.2) is 42.7 Å². The van der Waals surface area contributed by atoms with Crippen LogP contribution in [0.25, 0.3) is 6.08 Å². The molecular formula is C35H34N4O5S. The van der Waals surface area contributed by atoms with Gasteiger partial charge in [0.1, 0.15) is 29.9 Å². The van der Waals surface area contributed by atoms with E-state index in [9.17, 15) is 9.59 Å². The summed E-state index contributed by atoms with van der Waals surface area (Å²) in [5.74, 6) is 1.62. The first-order chi connectivity index (χ1) is 21.8. The number of fused-ring (bicyclic) bond motifs is 1. The molecule has 4 aromatic rings. The minimum absolute atomic E-state index is 0.179. The topological polar surface area (TPSA) is 106 Å². The number of allylic oxidation sites excluding steroid dienone is 1. The second kappa shape index (κ2) is 13.7. The van der Waals surface area contributed by atoms with Crippen LogP contribution in [0.5, 0.6) is 17.2 Å². The minimum Gasteiger partial charge on any atom is -0.497 e. The number of ether oxygens (including phenoxy) is 3. The van der Waals surface area contributed by atoms with Crippen LogP contribution in [-0.2, 0) is 11.4 Å². The number of carbonyl (C=O) groups excluding carboxylic acids is 1. The van der Waals surface area contributed by atoms with Gasteiger partial charge in [-0.05, 0) is 80.4 Å². The van der Waals surface area contributed by atoms with Crippen molar-refractivity contribution < 1.29 is 19.0 Å². The molecular weight excluding hydrogens is 588 g/mol. The van der Waals surface area contributed by atoms with Gasteiger partial charge in [0.2, 0.25) is 0 Å². The Hall–Kier alpha value is -5.14. The molecule has 0 saturated heterocycles. The van der Waals surface area contributed by atoms with Gasteiger partial charge in [-0.25, -0.2) is 4.99 Å². The maximum atomic E-state index is 14.1. The second-order valence-corrected chi connectivity index (χ2v) is 11.3. The summed E-state index contributed by atoms with van der Waals surface area (Å²) < 4.78 is 19.2. The predicted molar refractivity (Wildman–Crippen MR) is 173 cm³/mol. The van der Waals surface area contributed by atoms with Gasteiger partial charge < -0.3 is 19.1 Å². The zero-order valence-electron chi connectivity index (χ0n) is 25.9. The fraction of sp³-hybridized carbons (Fsp3) is 0.257. The van der Waals surface area contributed by atoms with E-state index in [1.165, 1.54) is 11.3 Å². The van der Waals surface area contributed by atoms with E-state index in [4.69, 9.17) is 24.5 Å². The molecule has 0 bridgehead atoms. The minimum atomic E-state index is -0.764. The summed E-state index contributed by atoms with van der Waals surface area (Å²) in [5.41, 5.74) is 3.73. The molecule has 1 atom stereocenters. The third-order valence-electron chi connectivity index (χ3n) is 7.70. The highest BCUT2D eigenvalue weighted by atomic mass is 32.1. The Morgan fingerprint density at radius 3 is 2.33 bits per heavy atom. The summed E-state index contributed by atoms with van der Waals surface area (Å²) in [6.07, 6.45) is 1.82. The summed E-state index contributed by atoms with van der Waals surface area (Å²) in [6.45, 7) is 7.07. The Kier molecular flexibility index (Phi) is 9.50. The molecule has 0 saturated carbocycles. The average Bonchev–Trinajstić information content (AvgIpc) is 3.37. The lowest BCUT2D eigenvalue weighted by atomic mass is 9.93. The standard InChI is InChI=1S/C35H34N4O5S/c1-6-38(7-2)34(41)31-22(3)37-35-39(32(31)28-19-27(42-4)16-17-29(28)43-5)33(40)30(45-35)18-23-12-14-26(15-13-23)44-21-25-10-8-24(20-36)9-11-25/h8-19,32H,6-7,21H2,1-5H3/b30-18+/t32-/m1/s1. The van der Waals surface area contributed by atoms with Crippen molar-refractivity contribution in [3.05, 3.63) is 120 Å². The summed E-state index contributed by atoms with van der Waals surface area (Å²) in [7, 11) is 3.14. The monoisotopic (exact) mass is 622 g/mol. The van der Waals surface area contributed by atoms with Crippen molar-refractivity contribution in [2.75, 3.05) is 27.3 Å². The molecule has 9 nitrogen and oxygen atoms in total. The Morgan fingerprint density at radius 1 is 1.02 bits per heavy atom. The van der Waals surface area contributed by atoms with Crippen LogP contribution in [0.2, 0.25) is 0 Å². The van der Waals surface area contributed by atoms with Crippen molar-refractivity contribution in [1.29, 1.82) is 5.26 Å². The van der Waals surface area contributed by atoms with Crippen LogP contribution in [0.3, 0.4) is 0 Å². The maximum absolute atomic E-state index is 14.1. The molecule has 0 radical (unpaired) electrons. The maximum Gasteiger partial charge on any atom is 0.271 e. The fourth-order valence-corrected chi connectivity index (χ4v) is 6.32. The lowest BCUT2D eigenvalue weighted by Crippen LogP contribution is -2.43. The Morgan fingerprint density at radius 2 is 1.71 bits per heavy atom. The second-order valence-electron chi connectivity index (χ2n) is 10.3. The molecule has 5 rings (SSSR count). The van der Waals surface area contributed by atoms with Crippen LogP contribution in [0.4, 0.5) is 0 Å². The first kappa shape index (κ1) is 31.3. The van der Waals surface area contributed by atoms with Gasteiger partial charge in [-0.3, -0.25) is 14.2 Å². The number of thiazole rings is 1. The molecule has 0 aliphatic carbocycles. The number of nitriles is 1. The van der Waals surface area contributed by atoms with Crippen LogP contribution < -0.4 is 29.1 Å². The summed E-state index contributed by atoms with van der Waals surface area (Å²) in [5, 5.41) is 8.99.